The maximum atomic E-state index is 12.4. The molecule has 1 saturated carbocycles. The van der Waals surface area contributed by atoms with Gasteiger partial charge in [-0.05, 0) is 25.0 Å². The number of hydrogen-bond donors (Lipinski definition) is 2. The highest BCUT2D eigenvalue weighted by molar-refractivity contribution is 7.89. The molecule has 21 heavy (non-hydrogen) atoms. The first-order valence-electron chi connectivity index (χ1n) is 6.38. The zero-order chi connectivity index (χ0) is 15.7. The molecular weight excluding hydrogens is 320 g/mol. The van der Waals surface area contributed by atoms with Crippen molar-refractivity contribution in [2.24, 2.45) is 0 Å². The minimum Gasteiger partial charge on any atom is -0.394 e. The molecule has 0 bridgehead atoms. The van der Waals surface area contributed by atoms with Gasteiger partial charge in [-0.15, -0.1) is 0 Å². The Kier molecular flexibility index (Phi) is 4.52. The fourth-order valence-electron chi connectivity index (χ4n) is 2.54. The molecule has 1 aromatic carbocycles. The molecule has 0 saturated heterocycles. The Bertz CT molecular complexity index is 656. The molecule has 0 amide bonds. The summed E-state index contributed by atoms with van der Waals surface area (Å²) >= 11 is 5.68. The number of rotatable bonds is 5. The average Bonchev–Trinajstić information content (AvgIpc) is 2.86. The Balaban J connectivity index is 2.42. The van der Waals surface area contributed by atoms with Crippen LogP contribution in [0.1, 0.15) is 25.7 Å². The number of nitro groups is 1. The number of halogens is 1. The SMILES string of the molecule is O=[N+]([O-])c1cc(Cl)ccc1S(=O)(=O)NC1(CO)CCCC1. The normalized spacial score (nSPS) is 17.8. The number of aliphatic hydroxyl groups is 1. The second-order valence-corrected chi connectivity index (χ2v) is 7.21. The summed E-state index contributed by atoms with van der Waals surface area (Å²) in [6, 6.07) is 3.38. The average molecular weight is 335 g/mol. The van der Waals surface area contributed by atoms with Gasteiger partial charge in [-0.25, -0.2) is 13.1 Å². The van der Waals surface area contributed by atoms with E-state index >= 15 is 0 Å². The van der Waals surface area contributed by atoms with E-state index in [1.54, 1.807) is 0 Å². The van der Waals surface area contributed by atoms with Crippen molar-refractivity contribution in [2.45, 2.75) is 36.1 Å². The number of aliphatic hydroxyl groups excluding tert-OH is 1. The lowest BCUT2D eigenvalue weighted by Crippen LogP contribution is -2.49. The van der Waals surface area contributed by atoms with E-state index in [4.69, 9.17) is 11.6 Å². The van der Waals surface area contributed by atoms with E-state index in [9.17, 15) is 23.6 Å². The van der Waals surface area contributed by atoms with Crippen LogP contribution in [0.5, 0.6) is 0 Å². The van der Waals surface area contributed by atoms with Gasteiger partial charge in [-0.1, -0.05) is 24.4 Å². The molecule has 7 nitrogen and oxygen atoms in total. The molecule has 116 valence electrons. The summed E-state index contributed by atoms with van der Waals surface area (Å²) in [5, 5.41) is 20.6. The molecule has 0 unspecified atom stereocenters. The Labute approximate surface area is 127 Å². The first kappa shape index (κ1) is 16.2. The quantitative estimate of drug-likeness (QED) is 0.630. The van der Waals surface area contributed by atoms with Crippen LogP contribution in [0.25, 0.3) is 0 Å². The summed E-state index contributed by atoms with van der Waals surface area (Å²) in [5.41, 5.74) is -1.52. The highest BCUT2D eigenvalue weighted by Gasteiger charge is 2.39. The Hall–Kier alpha value is -1.22. The topological polar surface area (TPSA) is 110 Å². The number of benzene rings is 1. The number of nitrogens with zero attached hydrogens (tertiary/aromatic N) is 1. The number of nitro benzene ring substituents is 1. The molecule has 0 aromatic heterocycles. The van der Waals surface area contributed by atoms with Crippen LogP contribution in [0.3, 0.4) is 0 Å². The smallest absolute Gasteiger partial charge is 0.290 e. The highest BCUT2D eigenvalue weighted by Crippen LogP contribution is 2.33. The van der Waals surface area contributed by atoms with Crippen LogP contribution >= 0.6 is 11.6 Å². The van der Waals surface area contributed by atoms with E-state index in [0.717, 1.165) is 25.0 Å². The fraction of sp³-hybridized carbons (Fsp3) is 0.500. The van der Waals surface area contributed by atoms with Crippen molar-refractivity contribution >= 4 is 27.3 Å². The zero-order valence-corrected chi connectivity index (χ0v) is 12.7. The molecule has 1 fully saturated rings. The van der Waals surface area contributed by atoms with Gasteiger partial charge < -0.3 is 5.11 Å². The summed E-state index contributed by atoms with van der Waals surface area (Å²) in [5.74, 6) is 0. The Morgan fingerprint density at radius 1 is 1.38 bits per heavy atom. The van der Waals surface area contributed by atoms with Crippen LogP contribution in [-0.4, -0.2) is 30.6 Å². The van der Waals surface area contributed by atoms with Gasteiger partial charge in [0.15, 0.2) is 4.90 Å². The van der Waals surface area contributed by atoms with Crippen LogP contribution in [0.2, 0.25) is 5.02 Å². The summed E-state index contributed by atoms with van der Waals surface area (Å²) in [6.45, 7) is -0.340. The third-order valence-electron chi connectivity index (χ3n) is 3.62. The van der Waals surface area contributed by atoms with E-state index in [-0.39, 0.29) is 11.6 Å². The number of sulfonamides is 1. The molecule has 2 rings (SSSR count). The predicted octanol–water partition coefficient (Wildman–Crippen LogP) is 1.83. The van der Waals surface area contributed by atoms with Crippen LogP contribution in [-0.2, 0) is 10.0 Å². The van der Waals surface area contributed by atoms with Gasteiger partial charge >= 0.3 is 0 Å². The highest BCUT2D eigenvalue weighted by atomic mass is 35.5. The first-order valence-corrected chi connectivity index (χ1v) is 8.25. The van der Waals surface area contributed by atoms with Gasteiger partial charge in [-0.2, -0.15) is 0 Å². The summed E-state index contributed by atoms with van der Waals surface area (Å²) in [7, 11) is -4.12. The number of hydrogen-bond acceptors (Lipinski definition) is 5. The van der Waals surface area contributed by atoms with Crippen molar-refractivity contribution < 1.29 is 18.4 Å². The largest absolute Gasteiger partial charge is 0.394 e. The second-order valence-electron chi connectivity index (χ2n) is 5.12. The van der Waals surface area contributed by atoms with Crippen molar-refractivity contribution in [1.82, 2.24) is 4.72 Å². The van der Waals surface area contributed by atoms with Crippen molar-refractivity contribution in [2.75, 3.05) is 6.61 Å². The third-order valence-corrected chi connectivity index (χ3v) is 5.48. The van der Waals surface area contributed by atoms with Gasteiger partial charge in [-0.3, -0.25) is 10.1 Å². The second kappa shape index (κ2) is 5.88. The molecular formula is C12H15ClN2O5S. The monoisotopic (exact) mass is 334 g/mol. The number of nitrogens with one attached hydrogen (secondary N) is 1. The van der Waals surface area contributed by atoms with E-state index in [1.165, 1.54) is 6.07 Å². The Morgan fingerprint density at radius 3 is 2.52 bits per heavy atom. The molecule has 0 radical (unpaired) electrons. The minimum atomic E-state index is -4.12. The lowest BCUT2D eigenvalue weighted by molar-refractivity contribution is -0.387. The van der Waals surface area contributed by atoms with Crippen molar-refractivity contribution in [3.63, 3.8) is 0 Å². The Morgan fingerprint density at radius 2 is 2.00 bits per heavy atom. The van der Waals surface area contributed by atoms with Gasteiger partial charge in [0, 0.05) is 11.1 Å². The molecule has 2 N–H and O–H groups in total. The summed E-state index contributed by atoms with van der Waals surface area (Å²) in [4.78, 5) is 9.77. The zero-order valence-electron chi connectivity index (χ0n) is 11.1. The third kappa shape index (κ3) is 3.34. The van der Waals surface area contributed by atoms with E-state index in [1.807, 2.05) is 0 Å². The lowest BCUT2D eigenvalue weighted by atomic mass is 10.0. The van der Waals surface area contributed by atoms with Gasteiger partial charge in [0.1, 0.15) is 0 Å². The van der Waals surface area contributed by atoms with E-state index in [0.29, 0.717) is 12.8 Å². The van der Waals surface area contributed by atoms with Gasteiger partial charge in [0.05, 0.1) is 17.1 Å². The molecule has 9 heteroatoms. The van der Waals surface area contributed by atoms with Gasteiger partial charge in [0.2, 0.25) is 10.0 Å². The standard InChI is InChI=1S/C12H15ClN2O5S/c13-9-3-4-11(10(7-9)15(17)18)21(19,20)14-12(8-16)5-1-2-6-12/h3-4,7,14,16H,1-2,5-6,8H2. The lowest BCUT2D eigenvalue weighted by Gasteiger charge is -2.27. The molecule has 1 aromatic rings. The minimum absolute atomic E-state index is 0.0818. The molecule has 1 aliphatic rings. The van der Waals surface area contributed by atoms with Crippen LogP contribution in [0.15, 0.2) is 23.1 Å². The molecule has 0 heterocycles. The van der Waals surface area contributed by atoms with Crippen LogP contribution in [0, 0.1) is 10.1 Å². The first-order chi connectivity index (χ1) is 9.80. The summed E-state index contributed by atoms with van der Waals surface area (Å²) in [6.07, 6.45) is 2.60. The van der Waals surface area contributed by atoms with Crippen molar-refractivity contribution in [3.05, 3.63) is 33.3 Å². The van der Waals surface area contributed by atoms with Crippen molar-refractivity contribution in [3.8, 4) is 0 Å². The van der Waals surface area contributed by atoms with Crippen LogP contribution in [0.4, 0.5) is 5.69 Å². The van der Waals surface area contributed by atoms with Gasteiger partial charge in [0.25, 0.3) is 5.69 Å². The predicted molar refractivity (Wildman–Crippen MR) is 76.7 cm³/mol. The van der Waals surface area contributed by atoms with Crippen molar-refractivity contribution in [1.29, 1.82) is 0 Å². The molecule has 0 atom stereocenters. The molecule has 0 spiro atoms. The molecule has 1 aliphatic carbocycles. The maximum Gasteiger partial charge on any atom is 0.290 e. The molecule has 0 aliphatic heterocycles. The van der Waals surface area contributed by atoms with Crippen LogP contribution < -0.4 is 4.72 Å². The van der Waals surface area contributed by atoms with E-state index in [2.05, 4.69) is 4.72 Å². The van der Waals surface area contributed by atoms with E-state index < -0.39 is 31.1 Å². The maximum absolute atomic E-state index is 12.4. The summed E-state index contributed by atoms with van der Waals surface area (Å²) < 4.78 is 27.3. The fourth-order valence-corrected chi connectivity index (χ4v) is 4.32.